The van der Waals surface area contributed by atoms with Crippen molar-refractivity contribution < 1.29 is 14.6 Å². The van der Waals surface area contributed by atoms with E-state index in [-0.39, 0.29) is 24.3 Å². The van der Waals surface area contributed by atoms with Gasteiger partial charge in [0.15, 0.2) is 0 Å². The van der Waals surface area contributed by atoms with Gasteiger partial charge in [0.1, 0.15) is 0 Å². The number of aliphatic hydroxyl groups excluding tert-OH is 1. The monoisotopic (exact) mass is 242 g/mol. The van der Waals surface area contributed by atoms with E-state index >= 15 is 0 Å². The standard InChI is InChI=1S/C12H22N2O3/c1-8(15)5-6-14(2)12(16)13-10-7-9-3-4-11(10)17-9/h8-11,15H,3-7H2,1-2H3,(H,13,16). The predicted molar refractivity (Wildman–Crippen MR) is 63.8 cm³/mol. The van der Waals surface area contributed by atoms with Crippen molar-refractivity contribution in [1.82, 2.24) is 10.2 Å². The maximum atomic E-state index is 11.9. The van der Waals surface area contributed by atoms with Crippen LogP contribution in [0.4, 0.5) is 4.79 Å². The van der Waals surface area contributed by atoms with E-state index in [9.17, 15) is 9.90 Å². The van der Waals surface area contributed by atoms with Crippen LogP contribution in [0, 0.1) is 0 Å². The molecule has 17 heavy (non-hydrogen) atoms. The lowest BCUT2D eigenvalue weighted by molar-refractivity contribution is 0.0970. The Hall–Kier alpha value is -0.810. The van der Waals surface area contributed by atoms with E-state index in [0.29, 0.717) is 19.1 Å². The van der Waals surface area contributed by atoms with Crippen LogP contribution in [-0.4, -0.2) is 54.0 Å². The smallest absolute Gasteiger partial charge is 0.317 e. The number of amides is 2. The number of fused-ring (bicyclic) bond motifs is 2. The van der Waals surface area contributed by atoms with Crippen molar-refractivity contribution in [2.75, 3.05) is 13.6 Å². The number of carbonyl (C=O) groups is 1. The zero-order chi connectivity index (χ0) is 12.4. The van der Waals surface area contributed by atoms with Crippen LogP contribution in [0.2, 0.25) is 0 Å². The molecule has 2 fully saturated rings. The minimum absolute atomic E-state index is 0.0631. The third kappa shape index (κ3) is 3.10. The van der Waals surface area contributed by atoms with Gasteiger partial charge in [-0.05, 0) is 32.6 Å². The summed E-state index contributed by atoms with van der Waals surface area (Å²) < 4.78 is 5.69. The van der Waals surface area contributed by atoms with Gasteiger partial charge in [-0.2, -0.15) is 0 Å². The zero-order valence-electron chi connectivity index (χ0n) is 10.6. The van der Waals surface area contributed by atoms with E-state index in [0.717, 1.165) is 19.3 Å². The number of carbonyl (C=O) groups excluding carboxylic acids is 1. The van der Waals surface area contributed by atoms with Crippen molar-refractivity contribution in [3.63, 3.8) is 0 Å². The Labute approximate surface area is 102 Å². The molecule has 0 saturated carbocycles. The average Bonchev–Trinajstić information content (AvgIpc) is 2.87. The van der Waals surface area contributed by atoms with Gasteiger partial charge in [0.05, 0.1) is 24.4 Å². The third-order valence-electron chi connectivity index (χ3n) is 3.64. The molecule has 5 heteroatoms. The second-order valence-corrected chi connectivity index (χ2v) is 5.22. The molecular formula is C12H22N2O3. The Morgan fingerprint density at radius 2 is 2.35 bits per heavy atom. The van der Waals surface area contributed by atoms with Gasteiger partial charge >= 0.3 is 6.03 Å². The lowest BCUT2D eigenvalue weighted by Crippen LogP contribution is -2.47. The molecule has 0 spiro atoms. The Bertz CT molecular complexity index is 283. The molecule has 0 aromatic rings. The van der Waals surface area contributed by atoms with Gasteiger partial charge in [0, 0.05) is 13.6 Å². The average molecular weight is 242 g/mol. The molecule has 2 aliphatic heterocycles. The molecule has 0 radical (unpaired) electrons. The quantitative estimate of drug-likeness (QED) is 0.763. The number of nitrogens with zero attached hydrogens (tertiary/aromatic N) is 1. The maximum Gasteiger partial charge on any atom is 0.317 e. The highest BCUT2D eigenvalue weighted by molar-refractivity contribution is 5.74. The van der Waals surface area contributed by atoms with Crippen LogP contribution in [0.15, 0.2) is 0 Å². The van der Waals surface area contributed by atoms with Crippen molar-refractivity contribution in [3.8, 4) is 0 Å². The zero-order valence-corrected chi connectivity index (χ0v) is 10.6. The first-order valence-corrected chi connectivity index (χ1v) is 6.41. The van der Waals surface area contributed by atoms with Crippen LogP contribution >= 0.6 is 0 Å². The number of urea groups is 1. The summed E-state index contributed by atoms with van der Waals surface area (Å²) in [4.78, 5) is 13.5. The fourth-order valence-corrected chi connectivity index (χ4v) is 2.54. The van der Waals surface area contributed by atoms with Crippen LogP contribution < -0.4 is 5.32 Å². The topological polar surface area (TPSA) is 61.8 Å². The third-order valence-corrected chi connectivity index (χ3v) is 3.64. The summed E-state index contributed by atoms with van der Waals surface area (Å²) in [5, 5.41) is 12.2. The first kappa shape index (κ1) is 12.6. The first-order valence-electron chi connectivity index (χ1n) is 6.41. The van der Waals surface area contributed by atoms with Crippen molar-refractivity contribution in [3.05, 3.63) is 0 Å². The Morgan fingerprint density at radius 3 is 2.88 bits per heavy atom. The molecule has 2 amide bonds. The largest absolute Gasteiger partial charge is 0.393 e. The summed E-state index contributed by atoms with van der Waals surface area (Å²) in [5.41, 5.74) is 0. The SMILES string of the molecule is CC(O)CCN(C)C(=O)NC1CC2CCC1O2. The Kier molecular flexibility index (Phi) is 3.89. The van der Waals surface area contributed by atoms with E-state index in [1.165, 1.54) is 0 Å². The van der Waals surface area contributed by atoms with E-state index in [1.54, 1.807) is 18.9 Å². The second-order valence-electron chi connectivity index (χ2n) is 5.22. The summed E-state index contributed by atoms with van der Waals surface area (Å²) >= 11 is 0. The van der Waals surface area contributed by atoms with Crippen LogP contribution in [0.3, 0.4) is 0 Å². The van der Waals surface area contributed by atoms with E-state index < -0.39 is 0 Å². The molecule has 2 heterocycles. The Balaban J connectivity index is 1.73. The number of ether oxygens (including phenoxy) is 1. The molecule has 2 rings (SSSR count). The summed E-state index contributed by atoms with van der Waals surface area (Å²) in [6.45, 7) is 2.31. The van der Waals surface area contributed by atoms with Gasteiger partial charge in [-0.15, -0.1) is 0 Å². The number of rotatable bonds is 4. The fourth-order valence-electron chi connectivity index (χ4n) is 2.54. The highest BCUT2D eigenvalue weighted by Gasteiger charge is 2.41. The molecule has 2 N–H and O–H groups in total. The molecule has 0 aliphatic carbocycles. The van der Waals surface area contributed by atoms with E-state index in [2.05, 4.69) is 5.32 Å². The fraction of sp³-hybridized carbons (Fsp3) is 0.917. The van der Waals surface area contributed by atoms with Crippen molar-refractivity contribution >= 4 is 6.03 Å². The van der Waals surface area contributed by atoms with Crippen LogP contribution in [0.5, 0.6) is 0 Å². The van der Waals surface area contributed by atoms with E-state index in [4.69, 9.17) is 4.74 Å². The molecule has 2 saturated heterocycles. The van der Waals surface area contributed by atoms with Crippen LogP contribution in [0.1, 0.15) is 32.6 Å². The van der Waals surface area contributed by atoms with Crippen molar-refractivity contribution in [1.29, 1.82) is 0 Å². The highest BCUT2D eigenvalue weighted by Crippen LogP contribution is 2.34. The molecule has 2 bridgehead atoms. The van der Waals surface area contributed by atoms with Crippen LogP contribution in [-0.2, 0) is 4.74 Å². The molecule has 0 aromatic carbocycles. The van der Waals surface area contributed by atoms with Crippen molar-refractivity contribution in [2.24, 2.45) is 0 Å². The number of nitrogens with one attached hydrogen (secondary N) is 1. The second kappa shape index (κ2) is 5.23. The van der Waals surface area contributed by atoms with Gasteiger partial charge < -0.3 is 20.1 Å². The summed E-state index contributed by atoms with van der Waals surface area (Å²) in [6, 6.07) is 0.113. The molecular weight excluding hydrogens is 220 g/mol. The van der Waals surface area contributed by atoms with Gasteiger partial charge in [-0.25, -0.2) is 4.79 Å². The summed E-state index contributed by atoms with van der Waals surface area (Å²) in [6.07, 6.45) is 3.96. The molecule has 4 atom stereocenters. The number of hydrogen-bond donors (Lipinski definition) is 2. The number of aliphatic hydroxyl groups is 1. The molecule has 5 nitrogen and oxygen atoms in total. The maximum absolute atomic E-state index is 11.9. The van der Waals surface area contributed by atoms with Gasteiger partial charge in [-0.3, -0.25) is 0 Å². The number of hydrogen-bond acceptors (Lipinski definition) is 3. The molecule has 0 aromatic heterocycles. The lowest BCUT2D eigenvalue weighted by Gasteiger charge is -2.24. The van der Waals surface area contributed by atoms with E-state index in [1.807, 2.05) is 0 Å². The highest BCUT2D eigenvalue weighted by atomic mass is 16.5. The predicted octanol–water partition coefficient (Wildman–Crippen LogP) is 0.719. The summed E-state index contributed by atoms with van der Waals surface area (Å²) in [5.74, 6) is 0. The minimum Gasteiger partial charge on any atom is -0.393 e. The minimum atomic E-state index is -0.365. The Morgan fingerprint density at radius 1 is 1.59 bits per heavy atom. The van der Waals surface area contributed by atoms with Gasteiger partial charge in [0.2, 0.25) is 0 Å². The normalized spacial score (nSPS) is 32.5. The van der Waals surface area contributed by atoms with Crippen molar-refractivity contribution in [2.45, 2.75) is 57.0 Å². The lowest BCUT2D eigenvalue weighted by atomic mass is 9.96. The molecule has 98 valence electrons. The van der Waals surface area contributed by atoms with Gasteiger partial charge in [0.25, 0.3) is 0 Å². The first-order chi connectivity index (χ1) is 8.06. The molecule has 2 aliphatic rings. The summed E-state index contributed by atoms with van der Waals surface area (Å²) in [7, 11) is 1.76. The van der Waals surface area contributed by atoms with Crippen LogP contribution in [0.25, 0.3) is 0 Å². The van der Waals surface area contributed by atoms with Gasteiger partial charge in [-0.1, -0.05) is 0 Å². The molecule has 4 unspecified atom stereocenters.